The molecule has 7 heteroatoms. The number of pyridine rings is 1. The maximum absolute atomic E-state index is 12.1. The summed E-state index contributed by atoms with van der Waals surface area (Å²) >= 11 is 0. The molecule has 0 aliphatic heterocycles. The Morgan fingerprint density at radius 2 is 2.05 bits per heavy atom. The van der Waals surface area contributed by atoms with Crippen LogP contribution in [0.3, 0.4) is 0 Å². The maximum Gasteiger partial charge on any atom is 0.416 e. The normalized spacial score (nSPS) is 11.1. The zero-order chi connectivity index (χ0) is 13.5. The highest BCUT2D eigenvalue weighted by Crippen LogP contribution is 2.11. The van der Waals surface area contributed by atoms with Crippen molar-refractivity contribution < 1.29 is 9.53 Å². The quantitative estimate of drug-likeness (QED) is 0.781. The van der Waals surface area contributed by atoms with Crippen LogP contribution in [0.4, 0.5) is 4.79 Å². The zero-order valence-corrected chi connectivity index (χ0v) is 13.9. The fourth-order valence-electron chi connectivity index (χ4n) is 1.47. The molecule has 116 valence electrons. The maximum atomic E-state index is 12.1. The lowest BCUT2D eigenvalue weighted by Crippen LogP contribution is -2.45. The largest absolute Gasteiger partial charge is 0.416 e. The number of carbonyl (C=O) groups excluding carboxylic acids is 1. The van der Waals surface area contributed by atoms with Gasteiger partial charge in [0.2, 0.25) is 0 Å². The predicted molar refractivity (Wildman–Crippen MR) is 84.9 cm³/mol. The van der Waals surface area contributed by atoms with Crippen LogP contribution in [0, 0.1) is 0 Å². The second kappa shape index (κ2) is 10.7. The molecule has 1 aromatic rings. The van der Waals surface area contributed by atoms with E-state index in [1.54, 1.807) is 23.2 Å². The van der Waals surface area contributed by atoms with E-state index >= 15 is 0 Å². The third kappa shape index (κ3) is 6.93. The van der Waals surface area contributed by atoms with Gasteiger partial charge in [-0.1, -0.05) is 6.92 Å². The highest BCUT2D eigenvalue weighted by atomic mass is 35.5. The lowest BCUT2D eigenvalue weighted by atomic mass is 10.2. The van der Waals surface area contributed by atoms with Gasteiger partial charge >= 0.3 is 6.09 Å². The molecule has 0 aliphatic carbocycles. The van der Waals surface area contributed by atoms with Crippen molar-refractivity contribution in [2.75, 3.05) is 20.8 Å². The van der Waals surface area contributed by atoms with Gasteiger partial charge in [-0.15, -0.1) is 24.8 Å². The predicted octanol–water partition coefficient (Wildman–Crippen LogP) is 3.04. The van der Waals surface area contributed by atoms with Gasteiger partial charge in [0.05, 0.1) is 12.9 Å². The van der Waals surface area contributed by atoms with Crippen LogP contribution in [0.1, 0.15) is 20.3 Å². The zero-order valence-electron chi connectivity index (χ0n) is 12.3. The van der Waals surface area contributed by atoms with Gasteiger partial charge < -0.3 is 4.74 Å². The first-order chi connectivity index (χ1) is 8.54. The number of aromatic nitrogens is 1. The molecule has 0 aliphatic rings. The third-order valence-corrected chi connectivity index (χ3v) is 2.63. The van der Waals surface area contributed by atoms with Gasteiger partial charge in [-0.25, -0.2) is 4.79 Å². The molecule has 1 amide bonds. The lowest BCUT2D eigenvalue weighted by molar-refractivity contribution is 0.104. The van der Waals surface area contributed by atoms with E-state index < -0.39 is 0 Å². The number of nitrogens with zero attached hydrogens (tertiary/aromatic N) is 3. The minimum atomic E-state index is -0.342. The van der Waals surface area contributed by atoms with E-state index in [-0.39, 0.29) is 36.9 Å². The number of hydrogen-bond donors (Lipinski definition) is 0. The van der Waals surface area contributed by atoms with Crippen LogP contribution in [0.15, 0.2) is 24.5 Å². The average molecular weight is 324 g/mol. The van der Waals surface area contributed by atoms with E-state index in [2.05, 4.69) is 4.98 Å². The minimum Gasteiger partial charge on any atom is -0.409 e. The molecule has 0 fully saturated rings. The molecule has 1 atom stereocenters. The third-order valence-electron chi connectivity index (χ3n) is 2.63. The first kappa shape index (κ1) is 21.3. The molecule has 1 unspecified atom stereocenters. The molecule has 5 nitrogen and oxygen atoms in total. The summed E-state index contributed by atoms with van der Waals surface area (Å²) in [5.74, 6) is 0.467. The van der Waals surface area contributed by atoms with Gasteiger partial charge in [-0.3, -0.25) is 14.8 Å². The van der Waals surface area contributed by atoms with Crippen molar-refractivity contribution in [3.05, 3.63) is 24.5 Å². The summed E-state index contributed by atoms with van der Waals surface area (Å²) in [7, 11) is 3.85. The van der Waals surface area contributed by atoms with Gasteiger partial charge in [0.1, 0.15) is 0 Å². The molecule has 0 N–H and O–H groups in total. The fraction of sp³-hybridized carbons (Fsp3) is 0.538. The second-order valence-electron chi connectivity index (χ2n) is 4.50. The molecule has 0 spiro atoms. The van der Waals surface area contributed by atoms with Crippen molar-refractivity contribution in [2.24, 2.45) is 0 Å². The molecular weight excluding hydrogens is 301 g/mol. The summed E-state index contributed by atoms with van der Waals surface area (Å²) in [5, 5.41) is 0. The van der Waals surface area contributed by atoms with Crippen LogP contribution in [0.25, 0.3) is 0 Å². The van der Waals surface area contributed by atoms with Crippen LogP contribution in [0.2, 0.25) is 0 Å². The summed E-state index contributed by atoms with van der Waals surface area (Å²) in [6.45, 7) is 4.59. The number of amides is 1. The molecule has 0 radical (unpaired) electrons. The molecule has 20 heavy (non-hydrogen) atoms. The Bertz CT molecular complexity index is 377. The van der Waals surface area contributed by atoms with E-state index in [0.717, 1.165) is 6.42 Å². The van der Waals surface area contributed by atoms with Gasteiger partial charge in [-0.05, 0) is 39.6 Å². The lowest BCUT2D eigenvalue weighted by Gasteiger charge is -2.30. The molecule has 0 saturated heterocycles. The molecule has 0 aromatic carbocycles. The topological polar surface area (TPSA) is 45.7 Å². The SMILES string of the molecule is CCC(C)N(CN(C)C)C(=O)Oc1cccnc1.Cl.Cl. The molecule has 1 aromatic heterocycles. The number of ether oxygens (including phenoxy) is 1. The van der Waals surface area contributed by atoms with E-state index in [0.29, 0.717) is 12.4 Å². The summed E-state index contributed by atoms with van der Waals surface area (Å²) in [6, 6.07) is 3.59. The summed E-state index contributed by atoms with van der Waals surface area (Å²) < 4.78 is 5.30. The van der Waals surface area contributed by atoms with E-state index in [1.807, 2.05) is 32.8 Å². The Balaban J connectivity index is 0. The number of carbonyl (C=O) groups is 1. The Morgan fingerprint density at radius 1 is 1.40 bits per heavy atom. The van der Waals surface area contributed by atoms with Crippen molar-refractivity contribution in [2.45, 2.75) is 26.3 Å². The molecule has 1 heterocycles. The van der Waals surface area contributed by atoms with Crippen LogP contribution >= 0.6 is 24.8 Å². The summed E-state index contributed by atoms with van der Waals surface area (Å²) in [5.41, 5.74) is 0. The summed E-state index contributed by atoms with van der Waals surface area (Å²) in [6.07, 6.45) is 3.72. The van der Waals surface area contributed by atoms with E-state index in [9.17, 15) is 4.79 Å². The molecular formula is C13H23Cl2N3O2. The number of halogens is 2. The Labute approximate surface area is 133 Å². The van der Waals surface area contributed by atoms with Crippen LogP contribution in [-0.4, -0.2) is 47.7 Å². The first-order valence-corrected chi connectivity index (χ1v) is 6.07. The van der Waals surface area contributed by atoms with Crippen molar-refractivity contribution in [1.82, 2.24) is 14.8 Å². The number of hydrogen-bond acceptors (Lipinski definition) is 4. The van der Waals surface area contributed by atoms with E-state index in [1.165, 1.54) is 6.20 Å². The second-order valence-corrected chi connectivity index (χ2v) is 4.50. The molecule has 1 rings (SSSR count). The van der Waals surface area contributed by atoms with Gasteiger partial charge in [0.25, 0.3) is 0 Å². The fourth-order valence-corrected chi connectivity index (χ4v) is 1.47. The highest BCUT2D eigenvalue weighted by Gasteiger charge is 2.21. The summed E-state index contributed by atoms with van der Waals surface area (Å²) in [4.78, 5) is 19.7. The molecule has 0 bridgehead atoms. The minimum absolute atomic E-state index is 0. The Kier molecular flexibility index (Phi) is 11.4. The average Bonchev–Trinajstić information content (AvgIpc) is 2.36. The van der Waals surface area contributed by atoms with Gasteiger partial charge in [0.15, 0.2) is 5.75 Å². The number of rotatable bonds is 5. The van der Waals surface area contributed by atoms with Gasteiger partial charge in [-0.2, -0.15) is 0 Å². The van der Waals surface area contributed by atoms with Crippen LogP contribution in [-0.2, 0) is 0 Å². The monoisotopic (exact) mass is 323 g/mol. The van der Waals surface area contributed by atoms with Crippen molar-refractivity contribution >= 4 is 30.9 Å². The van der Waals surface area contributed by atoms with Crippen molar-refractivity contribution in [3.63, 3.8) is 0 Å². The van der Waals surface area contributed by atoms with E-state index in [4.69, 9.17) is 4.74 Å². The highest BCUT2D eigenvalue weighted by molar-refractivity contribution is 5.85. The molecule has 0 saturated carbocycles. The Morgan fingerprint density at radius 3 is 2.50 bits per heavy atom. The van der Waals surface area contributed by atoms with Crippen molar-refractivity contribution in [3.8, 4) is 5.75 Å². The first-order valence-electron chi connectivity index (χ1n) is 6.07. The van der Waals surface area contributed by atoms with Crippen LogP contribution in [0.5, 0.6) is 5.75 Å². The Hall–Kier alpha value is -1.04. The van der Waals surface area contributed by atoms with Crippen molar-refractivity contribution in [1.29, 1.82) is 0 Å². The van der Waals surface area contributed by atoms with Crippen LogP contribution < -0.4 is 4.74 Å². The standard InChI is InChI=1S/C13H21N3O2.2ClH/c1-5-11(2)16(10-15(3)4)13(17)18-12-7-6-8-14-9-12;;/h6-9,11H,5,10H2,1-4H3;2*1H. The smallest absolute Gasteiger partial charge is 0.409 e. The van der Waals surface area contributed by atoms with Gasteiger partial charge in [0, 0.05) is 12.2 Å².